The number of amides is 1. The van der Waals surface area contributed by atoms with Crippen LogP contribution in [0.5, 0.6) is 0 Å². The standard InChI is InChI=1S/C22H25ClN6O/c1-15-5-7-18(19(12-15)29-26-9-10-27-29)22(30)28-11-3-4-16(2)20(28)14-25-21-8-6-17(23)13-24-21/h5-10,12-13,16,20H,3-4,11,14H2,1-2H3,(H,24,25)/t16-,20-/m1/s1. The first-order valence-electron chi connectivity index (χ1n) is 10.2. The van der Waals surface area contributed by atoms with Crippen LogP contribution in [0.2, 0.25) is 5.02 Å². The zero-order valence-corrected chi connectivity index (χ0v) is 17.9. The third-order valence-electron chi connectivity index (χ3n) is 5.61. The van der Waals surface area contributed by atoms with Crippen LogP contribution in [-0.2, 0) is 0 Å². The summed E-state index contributed by atoms with van der Waals surface area (Å²) in [5.74, 6) is 1.13. The van der Waals surface area contributed by atoms with Gasteiger partial charge >= 0.3 is 0 Å². The maximum atomic E-state index is 13.6. The lowest BCUT2D eigenvalue weighted by Gasteiger charge is -2.40. The van der Waals surface area contributed by atoms with E-state index < -0.39 is 0 Å². The van der Waals surface area contributed by atoms with Crippen LogP contribution in [0.25, 0.3) is 5.69 Å². The molecule has 1 amide bonds. The zero-order valence-electron chi connectivity index (χ0n) is 17.1. The molecule has 3 aromatic rings. The Labute approximate surface area is 181 Å². The van der Waals surface area contributed by atoms with Gasteiger partial charge in [-0.2, -0.15) is 15.0 Å². The molecule has 3 heterocycles. The monoisotopic (exact) mass is 424 g/mol. The fourth-order valence-corrected chi connectivity index (χ4v) is 4.10. The largest absolute Gasteiger partial charge is 0.368 e. The van der Waals surface area contributed by atoms with E-state index in [1.165, 1.54) is 4.80 Å². The van der Waals surface area contributed by atoms with Crippen molar-refractivity contribution in [2.45, 2.75) is 32.7 Å². The summed E-state index contributed by atoms with van der Waals surface area (Å²) in [4.78, 5) is 21.4. The van der Waals surface area contributed by atoms with Crippen LogP contribution in [-0.4, -0.2) is 49.9 Å². The van der Waals surface area contributed by atoms with Crippen molar-refractivity contribution in [2.75, 3.05) is 18.4 Å². The summed E-state index contributed by atoms with van der Waals surface area (Å²) < 4.78 is 0. The Hall–Kier alpha value is -2.93. The lowest BCUT2D eigenvalue weighted by atomic mass is 9.90. The van der Waals surface area contributed by atoms with Gasteiger partial charge in [-0.3, -0.25) is 4.79 Å². The third kappa shape index (κ3) is 4.31. The van der Waals surface area contributed by atoms with Crippen molar-refractivity contribution in [1.29, 1.82) is 0 Å². The molecule has 0 saturated carbocycles. The molecular weight excluding hydrogens is 400 g/mol. The van der Waals surface area contributed by atoms with Crippen LogP contribution < -0.4 is 5.32 Å². The summed E-state index contributed by atoms with van der Waals surface area (Å²) in [6.45, 7) is 5.55. The second-order valence-corrected chi connectivity index (χ2v) is 8.20. The molecule has 0 radical (unpaired) electrons. The minimum atomic E-state index is 0.00437. The molecule has 2 atom stereocenters. The van der Waals surface area contributed by atoms with Crippen LogP contribution >= 0.6 is 11.6 Å². The molecule has 0 unspecified atom stereocenters. The molecule has 30 heavy (non-hydrogen) atoms. The van der Waals surface area contributed by atoms with E-state index >= 15 is 0 Å². The second-order valence-electron chi connectivity index (χ2n) is 7.77. The summed E-state index contributed by atoms with van der Waals surface area (Å²) in [5.41, 5.74) is 2.37. The van der Waals surface area contributed by atoms with Crippen LogP contribution in [0, 0.1) is 12.8 Å². The van der Waals surface area contributed by atoms with Gasteiger partial charge in [0.15, 0.2) is 0 Å². The molecule has 1 aliphatic rings. The van der Waals surface area contributed by atoms with E-state index in [1.807, 2.05) is 36.1 Å². The number of carbonyl (C=O) groups is 1. The average Bonchev–Trinajstić information content (AvgIpc) is 3.28. The lowest BCUT2D eigenvalue weighted by molar-refractivity contribution is 0.0539. The summed E-state index contributed by atoms with van der Waals surface area (Å²) in [7, 11) is 0. The summed E-state index contributed by atoms with van der Waals surface area (Å²) >= 11 is 5.93. The number of piperidine rings is 1. The van der Waals surface area contributed by atoms with Crippen molar-refractivity contribution >= 4 is 23.3 Å². The maximum Gasteiger partial charge on any atom is 0.256 e. The number of nitrogens with one attached hydrogen (secondary N) is 1. The van der Waals surface area contributed by atoms with E-state index in [0.717, 1.165) is 30.8 Å². The molecule has 0 bridgehead atoms. The Balaban J connectivity index is 1.59. The fourth-order valence-electron chi connectivity index (χ4n) is 3.98. The summed E-state index contributed by atoms with van der Waals surface area (Å²) in [6.07, 6.45) is 6.93. The topological polar surface area (TPSA) is 75.9 Å². The highest BCUT2D eigenvalue weighted by molar-refractivity contribution is 6.30. The Morgan fingerprint density at radius 1 is 1.23 bits per heavy atom. The number of likely N-dealkylation sites (tertiary alicyclic amines) is 1. The fraction of sp³-hybridized carbons (Fsp3) is 0.364. The van der Waals surface area contributed by atoms with Gasteiger partial charge in [-0.25, -0.2) is 4.98 Å². The number of benzene rings is 1. The molecule has 1 aromatic carbocycles. The Morgan fingerprint density at radius 3 is 2.77 bits per heavy atom. The number of pyridine rings is 1. The van der Waals surface area contributed by atoms with E-state index in [2.05, 4.69) is 27.4 Å². The molecular formula is C22H25ClN6O. The molecule has 156 valence electrons. The van der Waals surface area contributed by atoms with Crippen molar-refractivity contribution < 1.29 is 4.79 Å². The van der Waals surface area contributed by atoms with Gasteiger partial charge in [-0.15, -0.1) is 0 Å². The van der Waals surface area contributed by atoms with Gasteiger partial charge in [0.05, 0.1) is 34.7 Å². The molecule has 7 nitrogen and oxygen atoms in total. The number of hydrogen-bond acceptors (Lipinski definition) is 5. The van der Waals surface area contributed by atoms with Crippen molar-refractivity contribution in [1.82, 2.24) is 24.9 Å². The van der Waals surface area contributed by atoms with Crippen LogP contribution in [0.3, 0.4) is 0 Å². The number of rotatable bonds is 5. The molecule has 1 aliphatic heterocycles. The third-order valence-corrected chi connectivity index (χ3v) is 5.84. The molecule has 2 aromatic heterocycles. The predicted molar refractivity (Wildman–Crippen MR) is 117 cm³/mol. The minimum absolute atomic E-state index is 0.00437. The molecule has 1 N–H and O–H groups in total. The Bertz CT molecular complexity index is 1000. The van der Waals surface area contributed by atoms with Gasteiger partial charge in [-0.1, -0.05) is 24.6 Å². The maximum absolute atomic E-state index is 13.6. The van der Waals surface area contributed by atoms with Crippen molar-refractivity contribution in [3.05, 3.63) is 65.1 Å². The number of anilines is 1. The number of aryl methyl sites for hydroxylation is 1. The van der Waals surface area contributed by atoms with Gasteiger partial charge < -0.3 is 10.2 Å². The normalized spacial score (nSPS) is 19.0. The highest BCUT2D eigenvalue weighted by Gasteiger charge is 2.33. The minimum Gasteiger partial charge on any atom is -0.368 e. The first-order valence-corrected chi connectivity index (χ1v) is 10.5. The molecule has 0 spiro atoms. The van der Waals surface area contributed by atoms with Gasteiger partial charge in [0.2, 0.25) is 0 Å². The molecule has 0 aliphatic carbocycles. The Morgan fingerprint density at radius 2 is 2.03 bits per heavy atom. The average molecular weight is 425 g/mol. The van der Waals surface area contributed by atoms with E-state index in [0.29, 0.717) is 28.7 Å². The Kier molecular flexibility index (Phi) is 5.99. The summed E-state index contributed by atoms with van der Waals surface area (Å²) in [6, 6.07) is 9.50. The van der Waals surface area contributed by atoms with E-state index in [9.17, 15) is 4.79 Å². The van der Waals surface area contributed by atoms with Crippen molar-refractivity contribution in [3.63, 3.8) is 0 Å². The summed E-state index contributed by atoms with van der Waals surface area (Å²) in [5, 5.41) is 12.4. The van der Waals surface area contributed by atoms with Gasteiger partial charge in [0.25, 0.3) is 5.91 Å². The molecule has 1 saturated heterocycles. The molecule has 1 fully saturated rings. The SMILES string of the molecule is Cc1ccc(C(=O)N2CCC[C@@H](C)[C@H]2CNc2ccc(Cl)cn2)c(-n2nccn2)c1. The van der Waals surface area contributed by atoms with Gasteiger partial charge in [0.1, 0.15) is 5.82 Å². The first kappa shape index (κ1) is 20.3. The van der Waals surface area contributed by atoms with Gasteiger partial charge in [-0.05, 0) is 55.5 Å². The smallest absolute Gasteiger partial charge is 0.256 e. The number of carbonyl (C=O) groups excluding carboxylic acids is 1. The van der Waals surface area contributed by atoms with Crippen LogP contribution in [0.15, 0.2) is 48.9 Å². The van der Waals surface area contributed by atoms with E-state index in [1.54, 1.807) is 24.7 Å². The number of hydrogen-bond donors (Lipinski definition) is 1. The van der Waals surface area contributed by atoms with Crippen molar-refractivity contribution in [3.8, 4) is 5.69 Å². The highest BCUT2D eigenvalue weighted by atomic mass is 35.5. The van der Waals surface area contributed by atoms with Crippen molar-refractivity contribution in [2.24, 2.45) is 5.92 Å². The van der Waals surface area contributed by atoms with E-state index in [-0.39, 0.29) is 11.9 Å². The van der Waals surface area contributed by atoms with Crippen LogP contribution in [0.1, 0.15) is 35.7 Å². The quantitative estimate of drug-likeness (QED) is 0.670. The van der Waals surface area contributed by atoms with Gasteiger partial charge in [0, 0.05) is 19.3 Å². The zero-order chi connectivity index (χ0) is 21.1. The van der Waals surface area contributed by atoms with E-state index in [4.69, 9.17) is 11.6 Å². The van der Waals surface area contributed by atoms with Crippen LogP contribution in [0.4, 0.5) is 5.82 Å². The first-order chi connectivity index (χ1) is 14.5. The number of nitrogens with zero attached hydrogens (tertiary/aromatic N) is 5. The number of halogens is 1. The molecule has 4 rings (SSSR count). The highest BCUT2D eigenvalue weighted by Crippen LogP contribution is 2.27. The molecule has 8 heteroatoms. The second kappa shape index (κ2) is 8.83. The number of aromatic nitrogens is 4. The lowest BCUT2D eigenvalue weighted by Crippen LogP contribution is -2.51. The predicted octanol–water partition coefficient (Wildman–Crippen LogP) is 3.98.